The number of guanidine groups is 1. The van der Waals surface area contributed by atoms with E-state index in [2.05, 4.69) is 41.2 Å². The van der Waals surface area contributed by atoms with E-state index in [9.17, 15) is 8.78 Å². The van der Waals surface area contributed by atoms with Gasteiger partial charge in [-0.25, -0.2) is 8.78 Å². The number of hydrogen-bond donors (Lipinski definition) is 2. The first-order valence-corrected chi connectivity index (χ1v) is 10.9. The molecule has 1 aromatic carbocycles. The van der Waals surface area contributed by atoms with Gasteiger partial charge in [-0.2, -0.15) is 0 Å². The van der Waals surface area contributed by atoms with E-state index in [0.717, 1.165) is 70.6 Å². The first kappa shape index (κ1) is 26.1. The number of nitrogens with zero attached hydrogens (tertiary/aromatic N) is 3. The second-order valence-corrected chi connectivity index (χ2v) is 8.69. The van der Waals surface area contributed by atoms with Crippen LogP contribution in [0.15, 0.2) is 23.2 Å². The molecule has 2 aliphatic rings. The van der Waals surface area contributed by atoms with Gasteiger partial charge in [-0.05, 0) is 45.2 Å². The van der Waals surface area contributed by atoms with Gasteiger partial charge in [0.05, 0.1) is 19.8 Å². The van der Waals surface area contributed by atoms with Crippen molar-refractivity contribution in [3.63, 3.8) is 0 Å². The lowest BCUT2D eigenvalue weighted by atomic mass is 10.0. The number of rotatable bonds is 7. The Hall–Kier alpha value is -1.20. The highest BCUT2D eigenvalue weighted by Crippen LogP contribution is 2.25. The summed E-state index contributed by atoms with van der Waals surface area (Å²) in [6.45, 7) is 13.9. The molecule has 176 valence electrons. The zero-order valence-electron chi connectivity index (χ0n) is 18.8. The van der Waals surface area contributed by atoms with Crippen LogP contribution in [0.2, 0.25) is 0 Å². The minimum atomic E-state index is -0.803. The molecule has 0 amide bonds. The molecule has 2 N–H and O–H groups in total. The zero-order chi connectivity index (χ0) is 21.6. The molecule has 2 fully saturated rings. The van der Waals surface area contributed by atoms with Gasteiger partial charge in [-0.1, -0.05) is 0 Å². The summed E-state index contributed by atoms with van der Waals surface area (Å²) in [5, 5.41) is 6.80. The van der Waals surface area contributed by atoms with Gasteiger partial charge >= 0.3 is 0 Å². The van der Waals surface area contributed by atoms with Gasteiger partial charge in [-0.3, -0.25) is 9.89 Å². The minimum absolute atomic E-state index is 0. The Morgan fingerprint density at radius 1 is 1.16 bits per heavy atom. The molecule has 2 aliphatic heterocycles. The monoisotopic (exact) mass is 551 g/mol. The first-order chi connectivity index (χ1) is 14.4. The molecule has 2 heterocycles. The molecule has 1 atom stereocenters. The van der Waals surface area contributed by atoms with Crippen molar-refractivity contribution in [3.05, 3.63) is 29.8 Å². The highest BCUT2D eigenvalue weighted by Gasteiger charge is 2.28. The lowest BCUT2D eigenvalue weighted by Crippen LogP contribution is -2.52. The third-order valence-electron chi connectivity index (χ3n) is 5.95. The number of anilines is 1. The van der Waals surface area contributed by atoms with Crippen molar-refractivity contribution in [1.29, 1.82) is 0 Å². The second-order valence-electron chi connectivity index (χ2n) is 8.69. The van der Waals surface area contributed by atoms with E-state index in [-0.39, 0.29) is 29.5 Å². The van der Waals surface area contributed by atoms with Crippen molar-refractivity contribution in [3.8, 4) is 0 Å². The van der Waals surface area contributed by atoms with Crippen molar-refractivity contribution in [2.24, 2.45) is 10.9 Å². The van der Waals surface area contributed by atoms with Gasteiger partial charge in [0, 0.05) is 56.6 Å². The molecule has 0 spiro atoms. The quantitative estimate of drug-likeness (QED) is 0.310. The Morgan fingerprint density at radius 3 is 2.58 bits per heavy atom. The van der Waals surface area contributed by atoms with Crippen LogP contribution >= 0.6 is 24.0 Å². The van der Waals surface area contributed by atoms with Gasteiger partial charge in [0.2, 0.25) is 0 Å². The van der Waals surface area contributed by atoms with Crippen LogP contribution in [0.3, 0.4) is 0 Å². The number of aliphatic imine (C=N–C) groups is 1. The van der Waals surface area contributed by atoms with Crippen LogP contribution in [0.5, 0.6) is 0 Å². The Kier molecular flexibility index (Phi) is 10.2. The van der Waals surface area contributed by atoms with Crippen molar-refractivity contribution >= 4 is 35.6 Å². The second kappa shape index (κ2) is 12.2. The Balaban J connectivity index is 0.00000341. The zero-order valence-corrected chi connectivity index (χ0v) is 21.1. The number of hydrogen-bond acceptors (Lipinski definition) is 4. The average molecular weight is 551 g/mol. The van der Waals surface area contributed by atoms with Crippen LogP contribution in [0.25, 0.3) is 0 Å². The topological polar surface area (TPSA) is 52.1 Å². The van der Waals surface area contributed by atoms with Crippen LogP contribution in [-0.4, -0.2) is 75.4 Å². The van der Waals surface area contributed by atoms with E-state index in [0.29, 0.717) is 12.5 Å². The Morgan fingerprint density at radius 2 is 1.90 bits per heavy atom. The number of nitrogens with one attached hydrogen (secondary N) is 2. The predicted molar refractivity (Wildman–Crippen MR) is 133 cm³/mol. The smallest absolute Gasteiger partial charge is 0.191 e. The molecule has 1 aromatic rings. The molecule has 0 radical (unpaired) electrons. The molecule has 9 heteroatoms. The largest absolute Gasteiger partial charge is 0.379 e. The van der Waals surface area contributed by atoms with Gasteiger partial charge in [-0.15, -0.1) is 24.0 Å². The highest BCUT2D eigenvalue weighted by molar-refractivity contribution is 14.0. The summed E-state index contributed by atoms with van der Waals surface area (Å²) in [7, 11) is 0. The molecule has 1 unspecified atom stereocenters. The predicted octanol–water partition coefficient (Wildman–Crippen LogP) is 3.08. The van der Waals surface area contributed by atoms with Crippen molar-refractivity contribution < 1.29 is 13.5 Å². The van der Waals surface area contributed by atoms with Gasteiger partial charge < -0.3 is 20.3 Å². The number of ether oxygens (including phenoxy) is 1. The summed E-state index contributed by atoms with van der Waals surface area (Å²) in [6, 6.07) is 4.13. The summed E-state index contributed by atoms with van der Waals surface area (Å²) >= 11 is 0. The maximum Gasteiger partial charge on any atom is 0.191 e. The van der Waals surface area contributed by atoms with Crippen LogP contribution in [0.4, 0.5) is 14.5 Å². The Bertz CT molecular complexity index is 728. The van der Waals surface area contributed by atoms with Crippen molar-refractivity contribution in [1.82, 2.24) is 15.5 Å². The average Bonchev–Trinajstić information content (AvgIpc) is 3.22. The molecule has 6 nitrogen and oxygen atoms in total. The summed E-state index contributed by atoms with van der Waals surface area (Å²) in [4.78, 5) is 9.37. The lowest BCUT2D eigenvalue weighted by molar-refractivity contribution is -0.00683. The fraction of sp³-hybridized carbons (Fsp3) is 0.682. The molecule has 0 aliphatic carbocycles. The van der Waals surface area contributed by atoms with Gasteiger partial charge in [0.1, 0.15) is 0 Å². The summed E-state index contributed by atoms with van der Waals surface area (Å²) in [5.74, 6) is -0.347. The van der Waals surface area contributed by atoms with E-state index in [1.165, 1.54) is 12.1 Å². The number of benzene rings is 1. The van der Waals surface area contributed by atoms with Crippen LogP contribution in [0, 0.1) is 17.6 Å². The molecular formula is C22H36F2IN5O. The molecule has 31 heavy (non-hydrogen) atoms. The van der Waals surface area contributed by atoms with E-state index < -0.39 is 11.6 Å². The number of halogens is 3. The summed E-state index contributed by atoms with van der Waals surface area (Å²) in [5.41, 5.74) is 0.715. The third-order valence-corrected chi connectivity index (χ3v) is 5.95. The normalized spacial score (nSPS) is 20.5. The summed E-state index contributed by atoms with van der Waals surface area (Å²) in [6.07, 6.45) is 1.00. The van der Waals surface area contributed by atoms with Crippen LogP contribution in [-0.2, 0) is 4.74 Å². The number of morpholine rings is 1. The van der Waals surface area contributed by atoms with E-state index >= 15 is 0 Å². The third kappa shape index (κ3) is 7.42. The molecule has 3 rings (SSSR count). The van der Waals surface area contributed by atoms with Crippen LogP contribution in [0.1, 0.15) is 27.2 Å². The molecule has 0 aromatic heterocycles. The van der Waals surface area contributed by atoms with Gasteiger partial charge in [0.15, 0.2) is 17.6 Å². The minimum Gasteiger partial charge on any atom is -0.379 e. The lowest BCUT2D eigenvalue weighted by Gasteiger charge is -2.39. The van der Waals surface area contributed by atoms with E-state index in [1.807, 2.05) is 0 Å². The highest BCUT2D eigenvalue weighted by atomic mass is 127. The molecule has 0 bridgehead atoms. The molecule has 2 saturated heterocycles. The van der Waals surface area contributed by atoms with Gasteiger partial charge in [0.25, 0.3) is 0 Å². The van der Waals surface area contributed by atoms with E-state index in [1.54, 1.807) is 6.07 Å². The maximum absolute atomic E-state index is 13.5. The fourth-order valence-electron chi connectivity index (χ4n) is 4.04. The van der Waals surface area contributed by atoms with E-state index in [4.69, 9.17) is 9.73 Å². The SMILES string of the molecule is CCNC(=NCC(C)(C)N1CCOCC1)NCC1CCN(c2ccc(F)c(F)c2)C1.I. The standard InChI is InChI=1S/C22H35F2N5O.HI/c1-4-25-21(27-16-22(2,3)29-9-11-30-12-10-29)26-14-17-7-8-28(15-17)18-5-6-19(23)20(24)13-18;/h5-6,13,17H,4,7-12,14-16H2,1-3H3,(H2,25,26,27);1H. The molecule has 0 saturated carbocycles. The summed E-state index contributed by atoms with van der Waals surface area (Å²) < 4.78 is 32.2. The molecular weight excluding hydrogens is 515 g/mol. The maximum atomic E-state index is 13.5. The van der Waals surface area contributed by atoms with Crippen LogP contribution < -0.4 is 15.5 Å². The Labute approximate surface area is 201 Å². The fourth-order valence-corrected chi connectivity index (χ4v) is 4.04. The van der Waals surface area contributed by atoms with Crippen molar-refractivity contribution in [2.75, 3.05) is 63.9 Å². The first-order valence-electron chi connectivity index (χ1n) is 10.9. The van der Waals surface area contributed by atoms with Crippen molar-refractivity contribution in [2.45, 2.75) is 32.7 Å².